The van der Waals surface area contributed by atoms with E-state index in [1.54, 1.807) is 12.1 Å². The molecule has 0 amide bonds. The highest BCUT2D eigenvalue weighted by atomic mass is 35.5. The number of fused-ring (bicyclic) bond motifs is 1. The second kappa shape index (κ2) is 5.88. The Hall–Kier alpha value is -2.13. The van der Waals surface area contributed by atoms with Crippen LogP contribution in [0.5, 0.6) is 0 Å². The van der Waals surface area contributed by atoms with Crippen LogP contribution >= 0.6 is 12.4 Å². The summed E-state index contributed by atoms with van der Waals surface area (Å²) >= 11 is 0. The molecular formula is C16H14ClNO2. The molecule has 0 radical (unpaired) electrons. The van der Waals surface area contributed by atoms with Gasteiger partial charge in [-0.25, -0.2) is 4.79 Å². The fraction of sp³-hybridized carbons (Fsp3) is 0.125. The minimum absolute atomic E-state index is 0. The van der Waals surface area contributed by atoms with E-state index >= 15 is 0 Å². The van der Waals surface area contributed by atoms with Crippen LogP contribution in [0.25, 0.3) is 0 Å². The van der Waals surface area contributed by atoms with Crippen LogP contribution in [-0.2, 0) is 6.42 Å². The van der Waals surface area contributed by atoms with E-state index in [-0.39, 0.29) is 12.4 Å². The summed E-state index contributed by atoms with van der Waals surface area (Å²) in [6, 6.07) is 15.1. The Balaban J connectivity index is 0.00000147. The molecule has 1 heterocycles. The average molecular weight is 288 g/mol. The summed E-state index contributed by atoms with van der Waals surface area (Å²) in [5.74, 6) is -0.915. The smallest absolute Gasteiger partial charge is 0.336 e. The van der Waals surface area contributed by atoms with Crippen molar-refractivity contribution in [3.63, 3.8) is 0 Å². The van der Waals surface area contributed by atoms with Gasteiger partial charge in [-0.15, -0.1) is 12.4 Å². The van der Waals surface area contributed by atoms with Gasteiger partial charge in [0.15, 0.2) is 0 Å². The van der Waals surface area contributed by atoms with Crippen molar-refractivity contribution in [3.8, 4) is 0 Å². The third-order valence-electron chi connectivity index (χ3n) is 3.34. The second-order valence-electron chi connectivity index (χ2n) is 4.49. The average Bonchev–Trinajstić information content (AvgIpc) is 2.46. The number of hydrogen-bond donors (Lipinski definition) is 1. The maximum absolute atomic E-state index is 11.3. The molecule has 0 spiro atoms. The zero-order chi connectivity index (χ0) is 13.2. The number of aromatic carboxylic acids is 1. The van der Waals surface area contributed by atoms with Gasteiger partial charge in [-0.1, -0.05) is 42.5 Å². The maximum atomic E-state index is 11.3. The van der Waals surface area contributed by atoms with Gasteiger partial charge in [0.2, 0.25) is 0 Å². The lowest BCUT2D eigenvalue weighted by Crippen LogP contribution is -2.17. The summed E-state index contributed by atoms with van der Waals surface area (Å²) in [7, 11) is 0. The summed E-state index contributed by atoms with van der Waals surface area (Å²) in [5.41, 5.74) is 4.06. The molecule has 20 heavy (non-hydrogen) atoms. The largest absolute Gasteiger partial charge is 0.478 e. The Morgan fingerprint density at radius 1 is 1.00 bits per heavy atom. The van der Waals surface area contributed by atoms with Crippen molar-refractivity contribution < 1.29 is 9.90 Å². The van der Waals surface area contributed by atoms with Crippen LogP contribution in [-0.4, -0.2) is 23.3 Å². The first-order valence-electron chi connectivity index (χ1n) is 6.23. The normalized spacial score (nSPS) is 12.9. The molecule has 1 aliphatic heterocycles. The molecule has 1 aliphatic rings. The number of carbonyl (C=O) groups is 1. The zero-order valence-corrected chi connectivity index (χ0v) is 11.6. The van der Waals surface area contributed by atoms with Gasteiger partial charge in [0.05, 0.1) is 11.3 Å². The van der Waals surface area contributed by atoms with Crippen LogP contribution < -0.4 is 0 Å². The topological polar surface area (TPSA) is 49.7 Å². The fourth-order valence-electron chi connectivity index (χ4n) is 2.45. The summed E-state index contributed by atoms with van der Waals surface area (Å²) in [6.45, 7) is 0.709. The van der Waals surface area contributed by atoms with Gasteiger partial charge in [-0.05, 0) is 18.1 Å². The molecule has 0 aliphatic carbocycles. The van der Waals surface area contributed by atoms with E-state index in [0.717, 1.165) is 17.7 Å². The number of carboxylic acids is 1. The van der Waals surface area contributed by atoms with Crippen molar-refractivity contribution in [1.29, 1.82) is 0 Å². The highest BCUT2D eigenvalue weighted by molar-refractivity contribution is 6.18. The van der Waals surface area contributed by atoms with Crippen molar-refractivity contribution in [2.24, 2.45) is 4.99 Å². The van der Waals surface area contributed by atoms with E-state index in [4.69, 9.17) is 0 Å². The standard InChI is InChI=1S/C16H13NO2.ClH/c18-16(19)14-8-4-3-7-13(14)15-12-6-2-1-5-11(12)9-10-17-15;/h1-8H,9-10H2,(H,18,19);1H. The summed E-state index contributed by atoms with van der Waals surface area (Å²) in [4.78, 5) is 15.9. The third-order valence-corrected chi connectivity index (χ3v) is 3.34. The molecule has 0 saturated carbocycles. The molecule has 3 rings (SSSR count). The molecule has 0 aromatic heterocycles. The van der Waals surface area contributed by atoms with Gasteiger partial charge in [0.1, 0.15) is 0 Å². The molecule has 0 fully saturated rings. The Labute approximate surface area is 123 Å². The monoisotopic (exact) mass is 287 g/mol. The Morgan fingerprint density at radius 3 is 2.40 bits per heavy atom. The highest BCUT2D eigenvalue weighted by Crippen LogP contribution is 2.22. The minimum atomic E-state index is -0.915. The molecule has 4 heteroatoms. The van der Waals surface area contributed by atoms with Crippen LogP contribution in [0.2, 0.25) is 0 Å². The molecule has 102 valence electrons. The Kier molecular flexibility index (Phi) is 4.20. The molecule has 0 atom stereocenters. The summed E-state index contributed by atoms with van der Waals surface area (Å²) < 4.78 is 0. The first-order valence-corrected chi connectivity index (χ1v) is 6.23. The number of aliphatic imine (C=N–C) groups is 1. The van der Waals surface area contributed by atoms with Crippen LogP contribution in [0, 0.1) is 0 Å². The first kappa shape index (κ1) is 14.3. The zero-order valence-electron chi connectivity index (χ0n) is 10.7. The molecule has 0 unspecified atom stereocenters. The summed E-state index contributed by atoms with van der Waals surface area (Å²) in [6.07, 6.45) is 0.912. The first-order chi connectivity index (χ1) is 9.27. The van der Waals surface area contributed by atoms with E-state index in [9.17, 15) is 9.90 Å². The molecule has 0 saturated heterocycles. The molecular weight excluding hydrogens is 274 g/mol. The predicted octanol–water partition coefficient (Wildman–Crippen LogP) is 3.20. The quantitative estimate of drug-likeness (QED) is 0.922. The lowest BCUT2D eigenvalue weighted by atomic mass is 9.91. The van der Waals surface area contributed by atoms with Crippen molar-refractivity contribution in [2.45, 2.75) is 6.42 Å². The SMILES string of the molecule is Cl.O=C(O)c1ccccc1C1=NCCc2ccccc21. The van der Waals surface area contributed by atoms with Gasteiger partial charge < -0.3 is 5.11 Å². The van der Waals surface area contributed by atoms with Crippen LogP contribution in [0.4, 0.5) is 0 Å². The van der Waals surface area contributed by atoms with E-state index in [0.29, 0.717) is 17.7 Å². The van der Waals surface area contributed by atoms with Crippen molar-refractivity contribution in [3.05, 3.63) is 70.8 Å². The number of carboxylic acid groups (broad SMARTS) is 1. The van der Waals surface area contributed by atoms with E-state index in [1.165, 1.54) is 5.56 Å². The van der Waals surface area contributed by atoms with Gasteiger partial charge in [0.25, 0.3) is 0 Å². The van der Waals surface area contributed by atoms with E-state index in [2.05, 4.69) is 11.1 Å². The number of benzene rings is 2. The van der Waals surface area contributed by atoms with Crippen molar-refractivity contribution >= 4 is 24.1 Å². The maximum Gasteiger partial charge on any atom is 0.336 e. The lowest BCUT2D eigenvalue weighted by molar-refractivity contribution is 0.0696. The van der Waals surface area contributed by atoms with Gasteiger partial charge in [-0.2, -0.15) is 0 Å². The second-order valence-corrected chi connectivity index (χ2v) is 4.49. The van der Waals surface area contributed by atoms with Gasteiger partial charge >= 0.3 is 5.97 Å². The highest BCUT2D eigenvalue weighted by Gasteiger charge is 2.19. The predicted molar refractivity (Wildman–Crippen MR) is 81.3 cm³/mol. The third kappa shape index (κ3) is 2.45. The Morgan fingerprint density at radius 2 is 1.65 bits per heavy atom. The van der Waals surface area contributed by atoms with Crippen LogP contribution in [0.15, 0.2) is 53.5 Å². The van der Waals surface area contributed by atoms with E-state index < -0.39 is 5.97 Å². The lowest BCUT2D eigenvalue weighted by Gasteiger charge is -2.18. The number of rotatable bonds is 2. The van der Waals surface area contributed by atoms with Crippen LogP contribution in [0.1, 0.15) is 27.0 Å². The molecule has 3 nitrogen and oxygen atoms in total. The number of hydrogen-bond acceptors (Lipinski definition) is 2. The van der Waals surface area contributed by atoms with Crippen molar-refractivity contribution in [1.82, 2.24) is 0 Å². The molecule has 2 aromatic carbocycles. The fourth-order valence-corrected chi connectivity index (χ4v) is 2.45. The van der Waals surface area contributed by atoms with E-state index in [1.807, 2.05) is 30.3 Å². The van der Waals surface area contributed by atoms with Crippen molar-refractivity contribution in [2.75, 3.05) is 6.54 Å². The molecule has 1 N–H and O–H groups in total. The Bertz CT molecular complexity index is 680. The molecule has 2 aromatic rings. The van der Waals surface area contributed by atoms with Gasteiger partial charge in [-0.3, -0.25) is 4.99 Å². The number of nitrogens with zero attached hydrogens (tertiary/aromatic N) is 1. The summed E-state index contributed by atoms with van der Waals surface area (Å²) in [5, 5.41) is 9.29. The number of halogens is 1. The van der Waals surface area contributed by atoms with Crippen LogP contribution in [0.3, 0.4) is 0 Å². The molecule has 0 bridgehead atoms. The van der Waals surface area contributed by atoms with Gasteiger partial charge in [0, 0.05) is 17.7 Å². The minimum Gasteiger partial charge on any atom is -0.478 e.